The van der Waals surface area contributed by atoms with Gasteiger partial charge in [-0.15, -0.1) is 0 Å². The number of carbonyl (C=O) groups is 3. The van der Waals surface area contributed by atoms with E-state index < -0.39 is 0 Å². The molecule has 0 aliphatic rings. The Morgan fingerprint density at radius 3 is 2.35 bits per heavy atom. The number of hydrogen-bond acceptors (Lipinski definition) is 5. The van der Waals surface area contributed by atoms with Gasteiger partial charge < -0.3 is 26.0 Å². The quantitative estimate of drug-likeness (QED) is 0.413. The van der Waals surface area contributed by atoms with Gasteiger partial charge in [-0.2, -0.15) is 0 Å². The maximum Gasteiger partial charge on any atom is 0.251 e. The largest absolute Gasteiger partial charge is 0.385 e. The number of amides is 3. The zero-order valence-corrected chi connectivity index (χ0v) is 18.2. The first-order chi connectivity index (χ1) is 14.9. The molecule has 0 bridgehead atoms. The lowest BCUT2D eigenvalue weighted by atomic mass is 10.2. The van der Waals surface area contributed by atoms with E-state index in [-0.39, 0.29) is 30.3 Å². The predicted molar refractivity (Wildman–Crippen MR) is 121 cm³/mol. The molecular weight excluding hydrogens is 396 g/mol. The molecule has 0 heterocycles. The van der Waals surface area contributed by atoms with Crippen LogP contribution in [0.1, 0.15) is 41.0 Å². The van der Waals surface area contributed by atoms with Crippen LogP contribution in [-0.2, 0) is 9.53 Å². The van der Waals surface area contributed by atoms with Crippen molar-refractivity contribution >= 4 is 29.1 Å². The molecule has 0 fully saturated rings. The van der Waals surface area contributed by atoms with Crippen LogP contribution in [0.3, 0.4) is 0 Å². The van der Waals surface area contributed by atoms with E-state index in [1.165, 1.54) is 0 Å². The third-order valence-electron chi connectivity index (χ3n) is 4.24. The molecule has 0 unspecified atom stereocenters. The van der Waals surface area contributed by atoms with Crippen molar-refractivity contribution in [3.63, 3.8) is 0 Å². The van der Waals surface area contributed by atoms with Crippen molar-refractivity contribution in [1.29, 1.82) is 0 Å². The Kier molecular flexibility index (Phi) is 9.51. The Bertz CT molecular complexity index is 881. The van der Waals surface area contributed by atoms with Crippen LogP contribution >= 0.6 is 0 Å². The minimum atomic E-state index is -0.242. The van der Waals surface area contributed by atoms with E-state index in [0.29, 0.717) is 35.7 Å². The molecule has 8 nitrogen and oxygen atoms in total. The van der Waals surface area contributed by atoms with E-state index in [9.17, 15) is 14.4 Å². The third-order valence-corrected chi connectivity index (χ3v) is 4.24. The van der Waals surface area contributed by atoms with Crippen molar-refractivity contribution in [2.75, 3.05) is 37.4 Å². The van der Waals surface area contributed by atoms with Gasteiger partial charge >= 0.3 is 0 Å². The molecule has 0 aromatic heterocycles. The van der Waals surface area contributed by atoms with Crippen molar-refractivity contribution in [1.82, 2.24) is 10.6 Å². The van der Waals surface area contributed by atoms with E-state index in [0.717, 1.165) is 6.42 Å². The number of ether oxygens (including phenoxy) is 1. The number of nitrogens with one attached hydrogen (secondary N) is 4. The Hall–Kier alpha value is -3.39. The SMILES string of the molecule is COCCCNC(=O)c1cccc(NCC(=O)Nc2ccc(C(=O)NC(C)C)cc2)c1. The van der Waals surface area contributed by atoms with Gasteiger partial charge in [-0.3, -0.25) is 14.4 Å². The third kappa shape index (κ3) is 8.47. The number of rotatable bonds is 11. The zero-order chi connectivity index (χ0) is 22.6. The summed E-state index contributed by atoms with van der Waals surface area (Å²) in [6, 6.07) is 13.7. The first-order valence-corrected chi connectivity index (χ1v) is 10.2. The number of carbonyl (C=O) groups excluding carboxylic acids is 3. The highest BCUT2D eigenvalue weighted by Gasteiger charge is 2.09. The lowest BCUT2D eigenvalue weighted by Gasteiger charge is -2.11. The molecule has 2 aromatic rings. The summed E-state index contributed by atoms with van der Waals surface area (Å²) in [5.74, 6) is -0.572. The van der Waals surface area contributed by atoms with Gasteiger partial charge in [0.2, 0.25) is 5.91 Å². The van der Waals surface area contributed by atoms with Crippen molar-refractivity contribution in [2.45, 2.75) is 26.3 Å². The molecule has 0 radical (unpaired) electrons. The molecule has 0 aliphatic carbocycles. The predicted octanol–water partition coefficient (Wildman–Crippen LogP) is 2.64. The second-order valence-electron chi connectivity index (χ2n) is 7.29. The van der Waals surface area contributed by atoms with Gasteiger partial charge in [-0.05, 0) is 62.7 Å². The van der Waals surface area contributed by atoms with E-state index in [1.807, 2.05) is 13.8 Å². The highest BCUT2D eigenvalue weighted by Crippen LogP contribution is 2.12. The monoisotopic (exact) mass is 426 g/mol. The van der Waals surface area contributed by atoms with Gasteiger partial charge in [0, 0.05) is 48.8 Å². The average Bonchev–Trinajstić information content (AvgIpc) is 2.75. The van der Waals surface area contributed by atoms with Crippen molar-refractivity contribution in [3.8, 4) is 0 Å². The van der Waals surface area contributed by atoms with Gasteiger partial charge in [0.05, 0.1) is 6.54 Å². The first-order valence-electron chi connectivity index (χ1n) is 10.2. The molecule has 2 aromatic carbocycles. The summed E-state index contributed by atoms with van der Waals surface area (Å²) >= 11 is 0. The lowest BCUT2D eigenvalue weighted by Crippen LogP contribution is -2.30. The zero-order valence-electron chi connectivity index (χ0n) is 18.2. The molecule has 0 atom stereocenters. The maximum absolute atomic E-state index is 12.2. The van der Waals surface area contributed by atoms with Crippen LogP contribution in [0.15, 0.2) is 48.5 Å². The second kappa shape index (κ2) is 12.3. The van der Waals surface area contributed by atoms with E-state index >= 15 is 0 Å². The fourth-order valence-electron chi connectivity index (χ4n) is 2.73. The number of anilines is 2. The summed E-state index contributed by atoms with van der Waals surface area (Å²) in [6.45, 7) is 4.94. The first kappa shape index (κ1) is 23.9. The van der Waals surface area contributed by atoms with Crippen molar-refractivity contribution in [2.24, 2.45) is 0 Å². The summed E-state index contributed by atoms with van der Waals surface area (Å²) in [5, 5.41) is 11.4. The number of benzene rings is 2. The Morgan fingerprint density at radius 2 is 1.68 bits per heavy atom. The van der Waals surface area contributed by atoms with Gasteiger partial charge in [0.25, 0.3) is 11.8 Å². The Morgan fingerprint density at radius 1 is 0.935 bits per heavy atom. The molecule has 31 heavy (non-hydrogen) atoms. The molecule has 166 valence electrons. The molecule has 3 amide bonds. The fourth-order valence-corrected chi connectivity index (χ4v) is 2.73. The van der Waals surface area contributed by atoms with Crippen LogP contribution in [0, 0.1) is 0 Å². The highest BCUT2D eigenvalue weighted by molar-refractivity contribution is 5.97. The lowest BCUT2D eigenvalue weighted by molar-refractivity contribution is -0.114. The van der Waals surface area contributed by atoms with Crippen molar-refractivity contribution < 1.29 is 19.1 Å². The second-order valence-corrected chi connectivity index (χ2v) is 7.29. The normalized spacial score (nSPS) is 10.5. The maximum atomic E-state index is 12.2. The summed E-state index contributed by atoms with van der Waals surface area (Å²) in [4.78, 5) is 36.4. The minimum Gasteiger partial charge on any atom is -0.385 e. The van der Waals surface area contributed by atoms with Gasteiger partial charge in [-0.25, -0.2) is 0 Å². The standard InChI is InChI=1S/C23H30N4O4/c1-16(2)26-23(30)17-8-10-19(11-9-17)27-21(28)15-25-20-7-4-6-18(14-20)22(29)24-12-5-13-31-3/h4,6-11,14,16,25H,5,12-13,15H2,1-3H3,(H,24,29)(H,26,30)(H,27,28). The van der Waals surface area contributed by atoms with E-state index in [2.05, 4.69) is 21.3 Å². The van der Waals surface area contributed by atoms with Crippen molar-refractivity contribution in [3.05, 3.63) is 59.7 Å². The molecule has 0 saturated heterocycles. The molecule has 0 spiro atoms. The van der Waals surface area contributed by atoms with Gasteiger partial charge in [-0.1, -0.05) is 6.07 Å². The number of methoxy groups -OCH3 is 1. The average molecular weight is 427 g/mol. The molecular formula is C23H30N4O4. The van der Waals surface area contributed by atoms with Crippen LogP contribution in [0.5, 0.6) is 0 Å². The summed E-state index contributed by atoms with van der Waals surface area (Å²) < 4.78 is 4.96. The molecule has 0 saturated carbocycles. The van der Waals surface area contributed by atoms with Crippen LogP contribution < -0.4 is 21.3 Å². The van der Waals surface area contributed by atoms with Crippen LogP contribution in [0.4, 0.5) is 11.4 Å². The molecule has 8 heteroatoms. The summed E-state index contributed by atoms with van der Waals surface area (Å²) in [7, 11) is 1.62. The van der Waals surface area contributed by atoms with Gasteiger partial charge in [0.15, 0.2) is 0 Å². The molecule has 0 aliphatic heterocycles. The molecule has 2 rings (SSSR count). The highest BCUT2D eigenvalue weighted by atomic mass is 16.5. The smallest absolute Gasteiger partial charge is 0.251 e. The topological polar surface area (TPSA) is 109 Å². The number of hydrogen-bond donors (Lipinski definition) is 4. The van der Waals surface area contributed by atoms with Crippen LogP contribution in [-0.4, -0.2) is 50.6 Å². The van der Waals surface area contributed by atoms with E-state index in [1.54, 1.807) is 55.6 Å². The van der Waals surface area contributed by atoms with Crippen LogP contribution in [0.2, 0.25) is 0 Å². The summed E-state index contributed by atoms with van der Waals surface area (Å²) in [5.41, 5.74) is 2.30. The Balaban J connectivity index is 1.83. The Labute approximate surface area is 182 Å². The van der Waals surface area contributed by atoms with Crippen LogP contribution in [0.25, 0.3) is 0 Å². The van der Waals surface area contributed by atoms with E-state index in [4.69, 9.17) is 4.74 Å². The molecule has 4 N–H and O–H groups in total. The van der Waals surface area contributed by atoms with Gasteiger partial charge in [0.1, 0.15) is 0 Å². The minimum absolute atomic E-state index is 0.0362. The fraction of sp³-hybridized carbons (Fsp3) is 0.348. The summed E-state index contributed by atoms with van der Waals surface area (Å²) in [6.07, 6.45) is 0.740.